The third kappa shape index (κ3) is 5.48. The van der Waals surface area contributed by atoms with Crippen molar-refractivity contribution in [3.05, 3.63) is 0 Å². The number of hydrogen-bond acceptors (Lipinski definition) is 7. The lowest BCUT2D eigenvalue weighted by Crippen LogP contribution is -2.53. The molecular formula is C30H43F2NO7. The Labute approximate surface area is 234 Å². The summed E-state index contributed by atoms with van der Waals surface area (Å²) >= 11 is 0. The summed E-state index contributed by atoms with van der Waals surface area (Å²) in [6, 6.07) is -0.349. The van der Waals surface area contributed by atoms with Gasteiger partial charge >= 0.3 is 17.9 Å². The summed E-state index contributed by atoms with van der Waals surface area (Å²) in [5, 5.41) is 0. The number of rotatable bonds is 7. The molecule has 1 heterocycles. The lowest BCUT2D eigenvalue weighted by molar-refractivity contribution is -0.176. The van der Waals surface area contributed by atoms with E-state index in [9.17, 15) is 28.0 Å². The van der Waals surface area contributed by atoms with Crippen LogP contribution in [0.3, 0.4) is 0 Å². The minimum Gasteiger partial charge on any atom is -0.462 e. The molecule has 10 heteroatoms. The van der Waals surface area contributed by atoms with E-state index < -0.39 is 59.8 Å². The Morgan fingerprint density at radius 3 is 2.02 bits per heavy atom. The highest BCUT2D eigenvalue weighted by Gasteiger charge is 2.72. The van der Waals surface area contributed by atoms with Crippen LogP contribution in [-0.2, 0) is 33.4 Å². The zero-order chi connectivity index (χ0) is 29.0. The number of nitrogens with zero attached hydrogens (tertiary/aromatic N) is 1. The van der Waals surface area contributed by atoms with Gasteiger partial charge in [0, 0.05) is 18.4 Å². The molecule has 5 aliphatic rings. The fourth-order valence-electron chi connectivity index (χ4n) is 8.21. The van der Waals surface area contributed by atoms with Crippen LogP contribution in [-0.4, -0.2) is 65.0 Å². The van der Waals surface area contributed by atoms with Gasteiger partial charge < -0.3 is 19.1 Å². The van der Waals surface area contributed by atoms with Crippen molar-refractivity contribution in [1.82, 2.24) is 4.90 Å². The van der Waals surface area contributed by atoms with Crippen LogP contribution in [0.5, 0.6) is 0 Å². The number of alkyl halides is 2. The number of carbonyl (C=O) groups is 4. The first-order valence-electron chi connectivity index (χ1n) is 15.1. The molecule has 8 unspecified atom stereocenters. The molecule has 8 nitrogen and oxygen atoms in total. The van der Waals surface area contributed by atoms with Crippen molar-refractivity contribution < 1.29 is 42.2 Å². The first-order valence-corrected chi connectivity index (χ1v) is 15.1. The smallest absolute Gasteiger partial charge is 0.310 e. The van der Waals surface area contributed by atoms with Gasteiger partial charge in [-0.3, -0.25) is 19.2 Å². The number of halogens is 2. The first-order chi connectivity index (χ1) is 18.8. The minimum atomic E-state index is -3.16. The van der Waals surface area contributed by atoms with Gasteiger partial charge in [-0.2, -0.15) is 0 Å². The highest BCUT2D eigenvalue weighted by atomic mass is 19.3. The number of esters is 3. The number of fused-ring (bicyclic) bond motifs is 1. The molecule has 0 aromatic rings. The lowest BCUT2D eigenvalue weighted by Gasteiger charge is -2.41. The summed E-state index contributed by atoms with van der Waals surface area (Å²) in [5.74, 6) is -8.27. The highest BCUT2D eigenvalue weighted by Crippen LogP contribution is 2.61. The van der Waals surface area contributed by atoms with Gasteiger partial charge in [-0.05, 0) is 71.6 Å². The molecule has 5 rings (SSSR count). The van der Waals surface area contributed by atoms with Gasteiger partial charge in [0.15, 0.2) is 6.61 Å². The van der Waals surface area contributed by atoms with E-state index in [2.05, 4.69) is 0 Å². The predicted molar refractivity (Wildman–Crippen MR) is 139 cm³/mol. The predicted octanol–water partition coefficient (Wildman–Crippen LogP) is 4.67. The summed E-state index contributed by atoms with van der Waals surface area (Å²) < 4.78 is 43.7. The molecule has 40 heavy (non-hydrogen) atoms. The van der Waals surface area contributed by atoms with Crippen LogP contribution >= 0.6 is 0 Å². The van der Waals surface area contributed by atoms with E-state index in [0.717, 1.165) is 32.1 Å². The molecule has 0 aromatic heterocycles. The van der Waals surface area contributed by atoms with Gasteiger partial charge in [0.2, 0.25) is 5.91 Å². The van der Waals surface area contributed by atoms with Crippen LogP contribution in [0, 0.1) is 35.5 Å². The Bertz CT molecular complexity index is 1010. The zero-order valence-electron chi connectivity index (χ0n) is 24.0. The first kappa shape index (κ1) is 29.2. The minimum absolute atomic E-state index is 0.0891. The van der Waals surface area contributed by atoms with Crippen LogP contribution in [0.15, 0.2) is 0 Å². The van der Waals surface area contributed by atoms with E-state index in [1.54, 1.807) is 4.90 Å². The van der Waals surface area contributed by atoms with Gasteiger partial charge in [0.1, 0.15) is 12.2 Å². The SMILES string of the molecule is CC(F)(F)COC(=O)C1CCCCC1C(=O)OC1C2CC3C(C(=O)N(C(C)(C)C)C31)C2C(=O)OC1CCCCC1. The van der Waals surface area contributed by atoms with E-state index in [1.807, 2.05) is 20.8 Å². The van der Waals surface area contributed by atoms with Crippen molar-refractivity contribution in [1.29, 1.82) is 0 Å². The Hall–Kier alpha value is -2.26. The topological polar surface area (TPSA) is 99.2 Å². The molecular weight excluding hydrogens is 524 g/mol. The molecule has 1 aliphatic heterocycles. The number of hydrogen-bond donors (Lipinski definition) is 0. The van der Waals surface area contributed by atoms with Gasteiger partial charge in [-0.15, -0.1) is 0 Å². The third-order valence-corrected chi connectivity index (χ3v) is 9.79. The molecule has 2 bridgehead atoms. The van der Waals surface area contributed by atoms with Crippen molar-refractivity contribution in [3.8, 4) is 0 Å². The normalized spacial score (nSPS) is 36.0. The van der Waals surface area contributed by atoms with Crippen LogP contribution in [0.1, 0.15) is 91.9 Å². The lowest BCUT2D eigenvalue weighted by atomic mass is 9.77. The molecule has 0 spiro atoms. The van der Waals surface area contributed by atoms with Crippen molar-refractivity contribution in [2.75, 3.05) is 6.61 Å². The van der Waals surface area contributed by atoms with Crippen molar-refractivity contribution in [2.45, 2.75) is 122 Å². The van der Waals surface area contributed by atoms with Crippen LogP contribution in [0.4, 0.5) is 8.78 Å². The number of ether oxygens (including phenoxy) is 3. The van der Waals surface area contributed by atoms with Gasteiger partial charge in [-0.25, -0.2) is 8.78 Å². The monoisotopic (exact) mass is 567 g/mol. The maximum Gasteiger partial charge on any atom is 0.310 e. The van der Waals surface area contributed by atoms with Gasteiger partial charge in [0.25, 0.3) is 5.92 Å². The maximum atomic E-state index is 13.8. The molecule has 1 amide bonds. The number of carbonyl (C=O) groups excluding carboxylic acids is 4. The summed E-state index contributed by atoms with van der Waals surface area (Å²) in [4.78, 5) is 55.5. The van der Waals surface area contributed by atoms with Crippen molar-refractivity contribution >= 4 is 23.8 Å². The van der Waals surface area contributed by atoms with Crippen LogP contribution in [0.25, 0.3) is 0 Å². The van der Waals surface area contributed by atoms with Crippen LogP contribution in [0.2, 0.25) is 0 Å². The largest absolute Gasteiger partial charge is 0.462 e. The standard InChI is InChI=1S/C30H43F2NO7/c1-29(2,3)33-23-19-14-20(22(21(19)25(33)34)28(37)39-16-10-6-5-7-11-16)24(23)40-27(36)18-13-9-8-12-17(18)26(35)38-15-30(4,31)32/h16-24H,5-15H2,1-4H3. The van der Waals surface area contributed by atoms with Crippen LogP contribution < -0.4 is 0 Å². The van der Waals surface area contributed by atoms with E-state index >= 15 is 0 Å². The quantitative estimate of drug-likeness (QED) is 0.326. The molecule has 4 aliphatic carbocycles. The summed E-state index contributed by atoms with van der Waals surface area (Å²) in [5.41, 5.74) is -0.543. The highest BCUT2D eigenvalue weighted by molar-refractivity contribution is 5.91. The molecule has 1 saturated heterocycles. The molecule has 0 radical (unpaired) electrons. The van der Waals surface area contributed by atoms with E-state index in [1.165, 1.54) is 0 Å². The average molecular weight is 568 g/mol. The Kier molecular flexibility index (Phi) is 7.94. The molecule has 0 N–H and O–H groups in total. The van der Waals surface area contributed by atoms with E-state index in [-0.39, 0.29) is 35.9 Å². The average Bonchev–Trinajstić information content (AvgIpc) is 3.50. The second kappa shape index (κ2) is 10.9. The Morgan fingerprint density at radius 1 is 0.825 bits per heavy atom. The molecule has 8 atom stereocenters. The third-order valence-electron chi connectivity index (χ3n) is 9.79. The zero-order valence-corrected chi connectivity index (χ0v) is 24.0. The Morgan fingerprint density at radius 2 is 1.43 bits per heavy atom. The number of amides is 1. The Balaban J connectivity index is 1.36. The number of likely N-dealkylation sites (tertiary alicyclic amines) is 1. The fraction of sp³-hybridized carbons (Fsp3) is 0.867. The second-order valence-corrected chi connectivity index (χ2v) is 13.8. The van der Waals surface area contributed by atoms with Gasteiger partial charge in [-0.1, -0.05) is 19.3 Å². The maximum absolute atomic E-state index is 13.8. The van der Waals surface area contributed by atoms with Crippen molar-refractivity contribution in [2.24, 2.45) is 35.5 Å². The van der Waals surface area contributed by atoms with Crippen molar-refractivity contribution in [3.63, 3.8) is 0 Å². The van der Waals surface area contributed by atoms with Gasteiger partial charge in [0.05, 0.1) is 29.7 Å². The van der Waals surface area contributed by atoms with E-state index in [0.29, 0.717) is 39.0 Å². The molecule has 224 valence electrons. The molecule has 5 fully saturated rings. The second-order valence-electron chi connectivity index (χ2n) is 13.8. The molecule has 4 saturated carbocycles. The fourth-order valence-corrected chi connectivity index (χ4v) is 8.21. The summed E-state index contributed by atoms with van der Waals surface area (Å²) in [7, 11) is 0. The molecule has 0 aromatic carbocycles. The summed E-state index contributed by atoms with van der Waals surface area (Å²) in [6.07, 6.45) is 6.70. The summed E-state index contributed by atoms with van der Waals surface area (Å²) in [6.45, 7) is 5.46. The van der Waals surface area contributed by atoms with E-state index in [4.69, 9.17) is 14.2 Å².